The number of nitrogens with zero attached hydrogens (tertiary/aromatic N) is 4. The SMILES string of the molecule is Cn1cc(N2CCC[C@@H](NC(=O)Nc3ccc([N+](=O)[O-])cc3)C2)cn1. The first-order valence-electron chi connectivity index (χ1n) is 8.07. The van der Waals surface area contributed by atoms with Crippen molar-refractivity contribution in [1.29, 1.82) is 0 Å². The van der Waals surface area contributed by atoms with Crippen LogP contribution in [0.1, 0.15) is 12.8 Å². The number of carbonyl (C=O) groups is 1. The lowest BCUT2D eigenvalue weighted by molar-refractivity contribution is -0.384. The molecule has 1 aliphatic heterocycles. The summed E-state index contributed by atoms with van der Waals surface area (Å²) in [6.07, 6.45) is 5.67. The molecule has 1 aromatic carbocycles. The lowest BCUT2D eigenvalue weighted by Crippen LogP contribution is -2.48. The molecule has 25 heavy (non-hydrogen) atoms. The number of anilines is 2. The highest BCUT2D eigenvalue weighted by Crippen LogP contribution is 2.19. The molecule has 0 aliphatic carbocycles. The molecule has 0 radical (unpaired) electrons. The van der Waals surface area contributed by atoms with Gasteiger partial charge >= 0.3 is 6.03 Å². The fraction of sp³-hybridized carbons (Fsp3) is 0.375. The van der Waals surface area contributed by atoms with Gasteiger partial charge in [0, 0.05) is 50.2 Å². The summed E-state index contributed by atoms with van der Waals surface area (Å²) in [5.74, 6) is 0. The minimum absolute atomic E-state index is 0.00893. The molecule has 2 amide bonds. The maximum absolute atomic E-state index is 12.2. The summed E-state index contributed by atoms with van der Waals surface area (Å²) in [7, 11) is 1.88. The van der Waals surface area contributed by atoms with Gasteiger partial charge in [-0.2, -0.15) is 5.10 Å². The number of nitro benzene ring substituents is 1. The van der Waals surface area contributed by atoms with Gasteiger partial charge in [-0.1, -0.05) is 0 Å². The number of piperidine rings is 1. The molecule has 9 nitrogen and oxygen atoms in total. The number of amides is 2. The highest BCUT2D eigenvalue weighted by molar-refractivity contribution is 5.89. The van der Waals surface area contributed by atoms with Crippen molar-refractivity contribution < 1.29 is 9.72 Å². The molecule has 132 valence electrons. The smallest absolute Gasteiger partial charge is 0.319 e. The van der Waals surface area contributed by atoms with Crippen molar-refractivity contribution in [3.05, 3.63) is 46.8 Å². The van der Waals surface area contributed by atoms with Crippen molar-refractivity contribution in [2.24, 2.45) is 7.05 Å². The first-order valence-corrected chi connectivity index (χ1v) is 8.07. The van der Waals surface area contributed by atoms with Crippen LogP contribution in [0.25, 0.3) is 0 Å². The van der Waals surface area contributed by atoms with Crippen LogP contribution in [0.2, 0.25) is 0 Å². The van der Waals surface area contributed by atoms with Crippen LogP contribution in [-0.4, -0.2) is 39.9 Å². The molecule has 1 aromatic heterocycles. The summed E-state index contributed by atoms with van der Waals surface area (Å²) in [6, 6.07) is 5.47. The van der Waals surface area contributed by atoms with E-state index in [0.29, 0.717) is 5.69 Å². The molecule has 3 rings (SSSR count). The van der Waals surface area contributed by atoms with Gasteiger partial charge in [0.15, 0.2) is 0 Å². The van der Waals surface area contributed by atoms with Gasteiger partial charge in [-0.15, -0.1) is 0 Å². The third-order valence-corrected chi connectivity index (χ3v) is 4.15. The summed E-state index contributed by atoms with van der Waals surface area (Å²) in [4.78, 5) is 24.5. The van der Waals surface area contributed by atoms with Gasteiger partial charge in [0.05, 0.1) is 16.8 Å². The Hall–Kier alpha value is -3.10. The van der Waals surface area contributed by atoms with Gasteiger partial charge < -0.3 is 15.5 Å². The summed E-state index contributed by atoms with van der Waals surface area (Å²) in [5, 5.41) is 20.5. The maximum Gasteiger partial charge on any atom is 0.319 e. The summed E-state index contributed by atoms with van der Waals surface area (Å²) in [5.41, 5.74) is 1.55. The summed E-state index contributed by atoms with van der Waals surface area (Å²) < 4.78 is 1.76. The number of hydrogen-bond donors (Lipinski definition) is 2. The molecule has 2 N–H and O–H groups in total. The number of hydrogen-bond acceptors (Lipinski definition) is 5. The van der Waals surface area contributed by atoms with E-state index in [9.17, 15) is 14.9 Å². The van der Waals surface area contributed by atoms with Gasteiger partial charge in [-0.25, -0.2) is 4.79 Å². The Balaban J connectivity index is 1.54. The zero-order valence-electron chi connectivity index (χ0n) is 13.9. The molecule has 1 atom stereocenters. The third kappa shape index (κ3) is 4.25. The van der Waals surface area contributed by atoms with Crippen LogP contribution in [0.3, 0.4) is 0 Å². The van der Waals surface area contributed by atoms with Crippen molar-refractivity contribution in [3.63, 3.8) is 0 Å². The van der Waals surface area contributed by atoms with Gasteiger partial charge in [0.25, 0.3) is 5.69 Å². The van der Waals surface area contributed by atoms with Crippen molar-refractivity contribution in [1.82, 2.24) is 15.1 Å². The summed E-state index contributed by atoms with van der Waals surface area (Å²) in [6.45, 7) is 1.66. The number of rotatable bonds is 4. The largest absolute Gasteiger partial charge is 0.367 e. The number of non-ortho nitro benzene ring substituents is 1. The van der Waals surface area contributed by atoms with Crippen LogP contribution in [0.15, 0.2) is 36.7 Å². The second kappa shape index (κ2) is 7.20. The number of aryl methyl sites for hydroxylation is 1. The predicted octanol–water partition coefficient (Wildman–Crippen LogP) is 2.12. The second-order valence-electron chi connectivity index (χ2n) is 6.06. The van der Waals surface area contributed by atoms with E-state index in [0.717, 1.165) is 31.6 Å². The van der Waals surface area contributed by atoms with Gasteiger partial charge in [0.2, 0.25) is 0 Å². The topological polar surface area (TPSA) is 105 Å². The van der Waals surface area contributed by atoms with Crippen LogP contribution < -0.4 is 15.5 Å². The minimum Gasteiger partial charge on any atom is -0.367 e. The van der Waals surface area contributed by atoms with Crippen molar-refractivity contribution in [2.75, 3.05) is 23.3 Å². The lowest BCUT2D eigenvalue weighted by atomic mass is 10.1. The average Bonchev–Trinajstić information content (AvgIpc) is 3.02. The molecule has 2 aromatic rings. The third-order valence-electron chi connectivity index (χ3n) is 4.15. The van der Waals surface area contributed by atoms with Crippen molar-refractivity contribution in [3.8, 4) is 0 Å². The Morgan fingerprint density at radius 3 is 2.76 bits per heavy atom. The number of benzene rings is 1. The zero-order valence-corrected chi connectivity index (χ0v) is 13.9. The molecule has 0 unspecified atom stereocenters. The average molecular weight is 344 g/mol. The zero-order chi connectivity index (χ0) is 17.8. The molecule has 1 fully saturated rings. The number of aromatic nitrogens is 2. The predicted molar refractivity (Wildman–Crippen MR) is 93.7 cm³/mol. The fourth-order valence-electron chi connectivity index (χ4n) is 2.92. The van der Waals surface area contributed by atoms with Gasteiger partial charge in [-0.05, 0) is 25.0 Å². The molecule has 0 saturated carbocycles. The Kier molecular flexibility index (Phi) is 4.82. The molecule has 0 bridgehead atoms. The van der Waals surface area contributed by atoms with Crippen molar-refractivity contribution >= 4 is 23.1 Å². The number of nitro groups is 1. The van der Waals surface area contributed by atoms with Gasteiger partial charge in [-0.3, -0.25) is 14.8 Å². The van der Waals surface area contributed by atoms with Crippen LogP contribution in [0.4, 0.5) is 21.9 Å². The van der Waals surface area contributed by atoms with E-state index >= 15 is 0 Å². The molecular formula is C16H20N6O3. The molecule has 2 heterocycles. The molecular weight excluding hydrogens is 324 g/mol. The quantitative estimate of drug-likeness (QED) is 0.653. The number of carbonyl (C=O) groups excluding carboxylic acids is 1. The highest BCUT2D eigenvalue weighted by atomic mass is 16.6. The highest BCUT2D eigenvalue weighted by Gasteiger charge is 2.22. The Bertz CT molecular complexity index is 757. The number of urea groups is 1. The van der Waals surface area contributed by atoms with E-state index in [1.165, 1.54) is 24.3 Å². The minimum atomic E-state index is -0.473. The van der Waals surface area contributed by atoms with E-state index in [2.05, 4.69) is 20.6 Å². The van der Waals surface area contributed by atoms with E-state index in [1.807, 2.05) is 19.4 Å². The molecule has 9 heteroatoms. The second-order valence-corrected chi connectivity index (χ2v) is 6.06. The normalized spacial score (nSPS) is 17.2. The lowest BCUT2D eigenvalue weighted by Gasteiger charge is -2.33. The van der Waals surface area contributed by atoms with Gasteiger partial charge in [0.1, 0.15) is 0 Å². The van der Waals surface area contributed by atoms with E-state index in [1.54, 1.807) is 4.68 Å². The Morgan fingerprint density at radius 1 is 1.36 bits per heavy atom. The molecule has 1 aliphatic rings. The fourth-order valence-corrected chi connectivity index (χ4v) is 2.92. The summed E-state index contributed by atoms with van der Waals surface area (Å²) >= 11 is 0. The first kappa shape index (κ1) is 16.7. The monoisotopic (exact) mass is 344 g/mol. The Labute approximate surface area is 144 Å². The van der Waals surface area contributed by atoms with Crippen LogP contribution in [-0.2, 0) is 7.05 Å². The molecule has 0 spiro atoms. The number of nitrogens with one attached hydrogen (secondary N) is 2. The van der Waals surface area contributed by atoms with Crippen LogP contribution in [0, 0.1) is 10.1 Å². The van der Waals surface area contributed by atoms with Crippen LogP contribution in [0.5, 0.6) is 0 Å². The standard InChI is InChI=1S/C16H20N6O3/c1-20-11-15(9-17-20)21-8-2-3-13(10-21)19-16(23)18-12-4-6-14(7-5-12)22(24)25/h4-7,9,11,13H,2-3,8,10H2,1H3,(H2,18,19,23)/t13-/m1/s1. The van der Waals surface area contributed by atoms with Crippen LogP contribution >= 0.6 is 0 Å². The van der Waals surface area contributed by atoms with E-state index < -0.39 is 4.92 Å². The maximum atomic E-state index is 12.2. The van der Waals surface area contributed by atoms with E-state index in [-0.39, 0.29) is 17.8 Å². The van der Waals surface area contributed by atoms with E-state index in [4.69, 9.17) is 0 Å². The Morgan fingerprint density at radius 2 is 2.12 bits per heavy atom. The molecule has 1 saturated heterocycles. The van der Waals surface area contributed by atoms with Crippen molar-refractivity contribution in [2.45, 2.75) is 18.9 Å². The first-order chi connectivity index (χ1) is 12.0.